The number of aromatic nitrogens is 4. The first-order chi connectivity index (χ1) is 10.8. The van der Waals surface area contributed by atoms with Crippen LogP contribution >= 0.6 is 0 Å². The summed E-state index contributed by atoms with van der Waals surface area (Å²) in [5.41, 5.74) is 1.50. The third kappa shape index (κ3) is 3.09. The van der Waals surface area contributed by atoms with Crippen molar-refractivity contribution in [1.29, 1.82) is 0 Å². The van der Waals surface area contributed by atoms with Crippen LogP contribution in [0.5, 0.6) is 5.88 Å². The number of ether oxygens (including phenoxy) is 1. The van der Waals surface area contributed by atoms with Gasteiger partial charge in [0.05, 0.1) is 20.0 Å². The van der Waals surface area contributed by atoms with Gasteiger partial charge in [-0.15, -0.1) is 0 Å². The number of fused-ring (bicyclic) bond motifs is 1. The van der Waals surface area contributed by atoms with E-state index in [-0.39, 0.29) is 0 Å². The Balaban J connectivity index is 1.51. The zero-order chi connectivity index (χ0) is 15.4. The van der Waals surface area contributed by atoms with Gasteiger partial charge in [0, 0.05) is 6.54 Å². The first-order valence-electron chi connectivity index (χ1n) is 7.24. The first kappa shape index (κ1) is 14.5. The highest BCUT2D eigenvalue weighted by molar-refractivity contribution is 5.75. The smallest absolute Gasteiger partial charge is 0.245 e. The lowest BCUT2D eigenvalue weighted by Crippen LogP contribution is -2.16. The van der Waals surface area contributed by atoms with Crippen molar-refractivity contribution < 1.29 is 9.15 Å². The van der Waals surface area contributed by atoms with Gasteiger partial charge < -0.3 is 19.0 Å². The van der Waals surface area contributed by atoms with Gasteiger partial charge in [0.25, 0.3) is 0 Å². The van der Waals surface area contributed by atoms with Crippen LogP contribution in [-0.2, 0) is 13.1 Å². The Morgan fingerprint density at radius 1 is 1.27 bits per heavy atom. The van der Waals surface area contributed by atoms with Crippen molar-refractivity contribution in [2.24, 2.45) is 0 Å². The van der Waals surface area contributed by atoms with Gasteiger partial charge in [-0.05, 0) is 32.0 Å². The summed E-state index contributed by atoms with van der Waals surface area (Å²) >= 11 is 0. The fourth-order valence-electron chi connectivity index (χ4n) is 2.34. The van der Waals surface area contributed by atoms with Crippen LogP contribution < -0.4 is 10.1 Å². The lowest BCUT2D eigenvalue weighted by atomic mass is 10.4. The van der Waals surface area contributed by atoms with Crippen LogP contribution in [0.4, 0.5) is 0 Å². The summed E-state index contributed by atoms with van der Waals surface area (Å²) in [5.74, 6) is 2.41. The van der Waals surface area contributed by atoms with Gasteiger partial charge in [-0.25, -0.2) is 9.97 Å². The monoisotopic (exact) mass is 301 g/mol. The second kappa shape index (κ2) is 6.57. The molecule has 1 N–H and O–H groups in total. The van der Waals surface area contributed by atoms with E-state index < -0.39 is 0 Å². The maximum Gasteiger partial charge on any atom is 0.245 e. The Morgan fingerprint density at radius 2 is 2.18 bits per heavy atom. The summed E-state index contributed by atoms with van der Waals surface area (Å²) in [6.45, 7) is 4.42. The molecule has 0 aliphatic carbocycles. The fraction of sp³-hybridized carbons (Fsp3) is 0.400. The minimum atomic E-state index is 0.509. The average Bonchev–Trinajstić information content (AvgIpc) is 3.13. The third-order valence-electron chi connectivity index (χ3n) is 3.41. The van der Waals surface area contributed by atoms with Crippen LogP contribution in [0.15, 0.2) is 29.2 Å². The zero-order valence-corrected chi connectivity index (χ0v) is 12.7. The van der Waals surface area contributed by atoms with E-state index in [1.54, 1.807) is 13.4 Å². The van der Waals surface area contributed by atoms with E-state index in [2.05, 4.69) is 20.3 Å². The summed E-state index contributed by atoms with van der Waals surface area (Å²) in [7, 11) is 1.58. The number of aryl methyl sites for hydroxylation is 2. The summed E-state index contributed by atoms with van der Waals surface area (Å²) in [6, 6.07) is 3.97. The predicted molar refractivity (Wildman–Crippen MR) is 81.6 cm³/mol. The van der Waals surface area contributed by atoms with Crippen molar-refractivity contribution in [3.8, 4) is 5.88 Å². The molecular formula is C15H19N5O2. The molecule has 0 aliphatic rings. The third-order valence-corrected chi connectivity index (χ3v) is 3.41. The van der Waals surface area contributed by atoms with Crippen LogP contribution in [0.3, 0.4) is 0 Å². The van der Waals surface area contributed by atoms with Gasteiger partial charge >= 0.3 is 0 Å². The molecule has 0 saturated carbocycles. The largest absolute Gasteiger partial charge is 0.479 e. The highest BCUT2D eigenvalue weighted by Gasteiger charge is 2.09. The van der Waals surface area contributed by atoms with E-state index in [1.165, 1.54) is 6.33 Å². The molecule has 0 bridgehead atoms. The number of hydrogen-bond acceptors (Lipinski definition) is 6. The van der Waals surface area contributed by atoms with Crippen molar-refractivity contribution in [1.82, 2.24) is 24.8 Å². The second-order valence-electron chi connectivity index (χ2n) is 5.04. The molecule has 0 radical (unpaired) electrons. The molecule has 3 rings (SSSR count). The molecule has 0 saturated heterocycles. The number of hydrogen-bond donors (Lipinski definition) is 1. The Hall–Kier alpha value is -2.41. The van der Waals surface area contributed by atoms with Crippen LogP contribution in [-0.4, -0.2) is 33.2 Å². The molecule has 3 aromatic heterocycles. The molecule has 116 valence electrons. The highest BCUT2D eigenvalue weighted by Crippen LogP contribution is 2.18. The van der Waals surface area contributed by atoms with Crippen LogP contribution in [0.2, 0.25) is 0 Å². The van der Waals surface area contributed by atoms with Gasteiger partial charge in [0.15, 0.2) is 11.2 Å². The van der Waals surface area contributed by atoms with Crippen molar-refractivity contribution in [2.45, 2.75) is 26.4 Å². The predicted octanol–water partition coefficient (Wildman–Crippen LogP) is 1.92. The number of rotatable bonds is 7. The Morgan fingerprint density at radius 3 is 2.95 bits per heavy atom. The molecule has 0 fully saturated rings. The number of nitrogens with zero attached hydrogens (tertiary/aromatic N) is 4. The van der Waals surface area contributed by atoms with Crippen molar-refractivity contribution in [3.05, 3.63) is 36.3 Å². The summed E-state index contributed by atoms with van der Waals surface area (Å²) in [5, 5.41) is 3.36. The first-order valence-corrected chi connectivity index (χ1v) is 7.24. The van der Waals surface area contributed by atoms with Gasteiger partial charge in [-0.2, -0.15) is 4.98 Å². The van der Waals surface area contributed by atoms with Crippen LogP contribution in [0.1, 0.15) is 17.9 Å². The van der Waals surface area contributed by atoms with Crippen molar-refractivity contribution >= 4 is 11.2 Å². The molecule has 0 unspecified atom stereocenters. The van der Waals surface area contributed by atoms with E-state index >= 15 is 0 Å². The summed E-state index contributed by atoms with van der Waals surface area (Å²) in [4.78, 5) is 12.6. The van der Waals surface area contributed by atoms with Crippen LogP contribution in [0.25, 0.3) is 11.2 Å². The second-order valence-corrected chi connectivity index (χ2v) is 5.04. The molecule has 0 aromatic carbocycles. The Bertz CT molecular complexity index is 749. The van der Waals surface area contributed by atoms with Crippen LogP contribution in [0, 0.1) is 6.92 Å². The molecule has 3 heterocycles. The molecule has 0 atom stereocenters. The Labute approximate surface area is 128 Å². The Kier molecular flexibility index (Phi) is 4.34. The molecule has 0 amide bonds. The normalized spacial score (nSPS) is 11.2. The average molecular weight is 301 g/mol. The zero-order valence-electron chi connectivity index (χ0n) is 12.7. The number of nitrogens with one attached hydrogen (secondary N) is 1. The maximum atomic E-state index is 5.51. The summed E-state index contributed by atoms with van der Waals surface area (Å²) in [6.07, 6.45) is 4.24. The maximum absolute atomic E-state index is 5.51. The van der Waals surface area contributed by atoms with E-state index in [0.29, 0.717) is 11.4 Å². The minimum Gasteiger partial charge on any atom is -0.479 e. The molecule has 7 heteroatoms. The highest BCUT2D eigenvalue weighted by atomic mass is 16.5. The number of methoxy groups -OCH3 is 1. The standard InChI is InChI=1S/C15H19N5O2/c1-11-4-5-12(22-11)8-16-6-3-7-20-10-19-13-14(20)17-9-18-15(13)21-2/h4-5,9-10,16H,3,6-8H2,1-2H3. The molecular weight excluding hydrogens is 282 g/mol. The quantitative estimate of drug-likeness (QED) is 0.672. The molecule has 22 heavy (non-hydrogen) atoms. The van der Waals surface area contributed by atoms with E-state index in [0.717, 1.165) is 43.2 Å². The van der Waals surface area contributed by atoms with E-state index in [1.807, 2.05) is 23.6 Å². The molecule has 0 spiro atoms. The molecule has 7 nitrogen and oxygen atoms in total. The van der Waals surface area contributed by atoms with Gasteiger partial charge in [-0.3, -0.25) is 0 Å². The minimum absolute atomic E-state index is 0.509. The molecule has 0 aliphatic heterocycles. The molecule has 3 aromatic rings. The summed E-state index contributed by atoms with van der Waals surface area (Å²) < 4.78 is 12.7. The van der Waals surface area contributed by atoms with Gasteiger partial charge in [0.2, 0.25) is 5.88 Å². The number of imidazole rings is 1. The van der Waals surface area contributed by atoms with Gasteiger partial charge in [0.1, 0.15) is 17.8 Å². The van der Waals surface area contributed by atoms with E-state index in [9.17, 15) is 0 Å². The van der Waals surface area contributed by atoms with E-state index in [4.69, 9.17) is 9.15 Å². The fourth-order valence-corrected chi connectivity index (χ4v) is 2.34. The lowest BCUT2D eigenvalue weighted by molar-refractivity contribution is 0.401. The van der Waals surface area contributed by atoms with Crippen molar-refractivity contribution in [2.75, 3.05) is 13.7 Å². The van der Waals surface area contributed by atoms with Gasteiger partial charge in [-0.1, -0.05) is 0 Å². The van der Waals surface area contributed by atoms with Crippen molar-refractivity contribution in [3.63, 3.8) is 0 Å². The topological polar surface area (TPSA) is 78.0 Å². The number of furan rings is 1. The SMILES string of the molecule is COc1ncnc2c1ncn2CCCNCc1ccc(C)o1. The lowest BCUT2D eigenvalue weighted by Gasteiger charge is -2.05.